The lowest BCUT2D eigenvalue weighted by Crippen LogP contribution is -2.47. The van der Waals surface area contributed by atoms with Gasteiger partial charge in [0.15, 0.2) is 5.13 Å². The summed E-state index contributed by atoms with van der Waals surface area (Å²) < 4.78 is 0. The zero-order chi connectivity index (χ0) is 15.6. The third-order valence-electron chi connectivity index (χ3n) is 3.97. The second kappa shape index (κ2) is 6.36. The molecule has 0 bridgehead atoms. The summed E-state index contributed by atoms with van der Waals surface area (Å²) in [6, 6.07) is 1.69. The number of thiazole rings is 1. The molecule has 7 heteroatoms. The van der Waals surface area contributed by atoms with Crippen LogP contribution in [0, 0.1) is 0 Å². The van der Waals surface area contributed by atoms with Crippen LogP contribution in [0.3, 0.4) is 0 Å². The molecule has 3 rings (SSSR count). The molecule has 0 saturated carbocycles. The first-order valence-electron chi connectivity index (χ1n) is 7.27. The SMILES string of the molecule is C[C@](O)(CNC(=O)[C@@H]1CCCN1c1nccs1)c1ccsc1. The molecule has 1 fully saturated rings. The van der Waals surface area contributed by atoms with E-state index in [-0.39, 0.29) is 18.5 Å². The Labute approximate surface area is 137 Å². The molecule has 2 aromatic heterocycles. The minimum absolute atomic E-state index is 0.0387. The number of thiophene rings is 1. The van der Waals surface area contributed by atoms with Crippen molar-refractivity contribution in [2.75, 3.05) is 18.0 Å². The maximum absolute atomic E-state index is 12.5. The maximum Gasteiger partial charge on any atom is 0.242 e. The second-order valence-corrected chi connectivity index (χ2v) is 7.32. The van der Waals surface area contributed by atoms with Crippen LogP contribution in [0.1, 0.15) is 25.3 Å². The van der Waals surface area contributed by atoms with Crippen molar-refractivity contribution in [2.24, 2.45) is 0 Å². The van der Waals surface area contributed by atoms with Crippen LogP contribution in [0.2, 0.25) is 0 Å². The van der Waals surface area contributed by atoms with Gasteiger partial charge in [-0.3, -0.25) is 4.79 Å². The lowest BCUT2D eigenvalue weighted by molar-refractivity contribution is -0.123. The number of amides is 1. The van der Waals surface area contributed by atoms with Gasteiger partial charge in [-0.05, 0) is 42.2 Å². The summed E-state index contributed by atoms with van der Waals surface area (Å²) in [4.78, 5) is 18.8. The molecule has 0 unspecified atom stereocenters. The van der Waals surface area contributed by atoms with Crippen LogP contribution < -0.4 is 10.2 Å². The zero-order valence-electron chi connectivity index (χ0n) is 12.4. The van der Waals surface area contributed by atoms with Gasteiger partial charge in [0.25, 0.3) is 0 Å². The number of nitrogens with one attached hydrogen (secondary N) is 1. The molecule has 0 aromatic carbocycles. The number of hydrogen-bond acceptors (Lipinski definition) is 6. The third-order valence-corrected chi connectivity index (χ3v) is 5.46. The van der Waals surface area contributed by atoms with Gasteiger partial charge in [-0.2, -0.15) is 11.3 Å². The summed E-state index contributed by atoms with van der Waals surface area (Å²) in [6.45, 7) is 2.79. The van der Waals surface area contributed by atoms with E-state index >= 15 is 0 Å². The molecule has 1 saturated heterocycles. The molecule has 3 heterocycles. The van der Waals surface area contributed by atoms with Crippen LogP contribution in [-0.2, 0) is 10.4 Å². The minimum Gasteiger partial charge on any atom is -0.384 e. The number of rotatable bonds is 5. The van der Waals surface area contributed by atoms with E-state index < -0.39 is 5.60 Å². The van der Waals surface area contributed by atoms with Crippen molar-refractivity contribution in [3.05, 3.63) is 34.0 Å². The van der Waals surface area contributed by atoms with Crippen LogP contribution in [0.4, 0.5) is 5.13 Å². The molecule has 5 nitrogen and oxygen atoms in total. The van der Waals surface area contributed by atoms with E-state index in [2.05, 4.69) is 15.2 Å². The van der Waals surface area contributed by atoms with E-state index in [0.717, 1.165) is 30.1 Å². The van der Waals surface area contributed by atoms with Gasteiger partial charge < -0.3 is 15.3 Å². The fourth-order valence-electron chi connectivity index (χ4n) is 2.68. The molecular weight excluding hydrogens is 318 g/mol. The van der Waals surface area contributed by atoms with Crippen molar-refractivity contribution < 1.29 is 9.90 Å². The summed E-state index contributed by atoms with van der Waals surface area (Å²) in [7, 11) is 0. The van der Waals surface area contributed by atoms with Crippen molar-refractivity contribution in [2.45, 2.75) is 31.4 Å². The van der Waals surface area contributed by atoms with Gasteiger partial charge in [-0.15, -0.1) is 11.3 Å². The van der Waals surface area contributed by atoms with Gasteiger partial charge in [0.05, 0.1) is 6.54 Å². The predicted octanol–water partition coefficient (Wildman–Crippen LogP) is 2.20. The van der Waals surface area contributed by atoms with Crippen molar-refractivity contribution >= 4 is 33.7 Å². The van der Waals surface area contributed by atoms with Crippen molar-refractivity contribution in [1.82, 2.24) is 10.3 Å². The van der Waals surface area contributed by atoms with Crippen LogP contribution in [0.15, 0.2) is 28.4 Å². The van der Waals surface area contributed by atoms with Crippen LogP contribution >= 0.6 is 22.7 Å². The van der Waals surface area contributed by atoms with E-state index in [1.165, 1.54) is 11.3 Å². The average molecular weight is 337 g/mol. The van der Waals surface area contributed by atoms with Crippen molar-refractivity contribution in [3.8, 4) is 0 Å². The molecule has 2 N–H and O–H groups in total. The van der Waals surface area contributed by atoms with Gasteiger partial charge in [-0.1, -0.05) is 0 Å². The van der Waals surface area contributed by atoms with Gasteiger partial charge in [0.1, 0.15) is 11.6 Å². The van der Waals surface area contributed by atoms with Gasteiger partial charge in [-0.25, -0.2) is 4.98 Å². The quantitative estimate of drug-likeness (QED) is 0.878. The highest BCUT2D eigenvalue weighted by Gasteiger charge is 2.33. The average Bonchev–Trinajstić information content (AvgIpc) is 3.26. The summed E-state index contributed by atoms with van der Waals surface area (Å²) in [5.74, 6) is -0.0387. The number of aromatic nitrogens is 1. The Morgan fingerprint density at radius 1 is 1.59 bits per heavy atom. The summed E-state index contributed by atoms with van der Waals surface area (Å²) >= 11 is 3.09. The van der Waals surface area contributed by atoms with Crippen LogP contribution in [0.5, 0.6) is 0 Å². The topological polar surface area (TPSA) is 65.5 Å². The summed E-state index contributed by atoms with van der Waals surface area (Å²) in [6.07, 6.45) is 3.57. The van der Waals surface area contributed by atoms with Gasteiger partial charge >= 0.3 is 0 Å². The Morgan fingerprint density at radius 2 is 2.45 bits per heavy atom. The molecular formula is C15H19N3O2S2. The number of nitrogens with zero attached hydrogens (tertiary/aromatic N) is 2. The fraction of sp³-hybridized carbons (Fsp3) is 0.467. The first-order valence-corrected chi connectivity index (χ1v) is 9.09. The number of anilines is 1. The van der Waals surface area contributed by atoms with Crippen LogP contribution in [-0.4, -0.2) is 35.1 Å². The second-order valence-electron chi connectivity index (χ2n) is 5.67. The maximum atomic E-state index is 12.5. The van der Waals surface area contributed by atoms with E-state index in [0.29, 0.717) is 0 Å². The molecule has 2 atom stereocenters. The molecule has 0 spiro atoms. The lowest BCUT2D eigenvalue weighted by atomic mass is 9.99. The van der Waals surface area contributed by atoms with Crippen molar-refractivity contribution in [1.29, 1.82) is 0 Å². The largest absolute Gasteiger partial charge is 0.384 e. The highest BCUT2D eigenvalue weighted by atomic mass is 32.1. The molecule has 118 valence electrons. The Kier molecular flexibility index (Phi) is 4.46. The predicted molar refractivity (Wildman–Crippen MR) is 89.4 cm³/mol. The molecule has 1 aliphatic rings. The van der Waals surface area contributed by atoms with Crippen molar-refractivity contribution in [3.63, 3.8) is 0 Å². The Hall–Kier alpha value is -1.44. The Balaban J connectivity index is 1.62. The standard InChI is InChI=1S/C15H19N3O2S2/c1-15(20,11-4-7-21-9-11)10-17-13(19)12-3-2-6-18(12)14-16-5-8-22-14/h4-5,7-9,12,20H,2-3,6,10H2,1H3,(H,17,19)/t12-,15-/m0/s1. The number of carbonyl (C=O) groups is 1. The van der Waals surface area contributed by atoms with E-state index in [1.54, 1.807) is 24.5 Å². The molecule has 0 radical (unpaired) electrons. The highest BCUT2D eigenvalue weighted by molar-refractivity contribution is 7.13. The first-order chi connectivity index (χ1) is 10.6. The molecule has 2 aromatic rings. The van der Waals surface area contributed by atoms with E-state index in [4.69, 9.17) is 0 Å². The summed E-state index contributed by atoms with van der Waals surface area (Å²) in [5, 5.41) is 20.0. The monoisotopic (exact) mass is 337 g/mol. The van der Waals surface area contributed by atoms with E-state index in [9.17, 15) is 9.90 Å². The fourth-order valence-corrected chi connectivity index (χ4v) is 4.18. The normalized spacial score (nSPS) is 20.8. The van der Waals surface area contributed by atoms with Gasteiger partial charge in [0, 0.05) is 18.1 Å². The molecule has 0 aliphatic carbocycles. The zero-order valence-corrected chi connectivity index (χ0v) is 14.0. The number of carbonyl (C=O) groups excluding carboxylic acids is 1. The lowest BCUT2D eigenvalue weighted by Gasteiger charge is -2.27. The van der Waals surface area contributed by atoms with Crippen LogP contribution in [0.25, 0.3) is 0 Å². The van der Waals surface area contributed by atoms with Gasteiger partial charge in [0.2, 0.25) is 5.91 Å². The molecule has 1 aliphatic heterocycles. The number of aliphatic hydroxyl groups is 1. The molecule has 1 amide bonds. The summed E-state index contributed by atoms with van der Waals surface area (Å²) in [5.41, 5.74) is -0.207. The smallest absolute Gasteiger partial charge is 0.242 e. The van der Waals surface area contributed by atoms with E-state index in [1.807, 2.05) is 22.2 Å². The molecule has 22 heavy (non-hydrogen) atoms. The Morgan fingerprint density at radius 3 is 3.14 bits per heavy atom. The third kappa shape index (κ3) is 3.16. The highest BCUT2D eigenvalue weighted by Crippen LogP contribution is 2.27. The number of hydrogen-bond donors (Lipinski definition) is 2. The first kappa shape index (κ1) is 15.5. The minimum atomic E-state index is -1.04. The Bertz CT molecular complexity index is 611.